The van der Waals surface area contributed by atoms with Crippen molar-refractivity contribution in [2.24, 2.45) is 4.99 Å². The summed E-state index contributed by atoms with van der Waals surface area (Å²) in [6, 6.07) is 13.2. The van der Waals surface area contributed by atoms with Crippen molar-refractivity contribution in [2.75, 3.05) is 25.0 Å². The smallest absolute Gasteiger partial charge is 0.195 e. The normalized spacial score (nSPS) is 13.1. The quantitative estimate of drug-likeness (QED) is 0.550. The van der Waals surface area contributed by atoms with E-state index in [0.717, 1.165) is 28.2 Å². The highest BCUT2D eigenvalue weighted by atomic mass is 35.5. The summed E-state index contributed by atoms with van der Waals surface area (Å²) in [7, 11) is 0. The Morgan fingerprint density at radius 1 is 1.00 bits per heavy atom. The maximum Gasteiger partial charge on any atom is 0.195 e. The van der Waals surface area contributed by atoms with Crippen LogP contribution < -0.4 is 16.0 Å². The first-order chi connectivity index (χ1) is 13.7. The zero-order chi connectivity index (χ0) is 19.3. The van der Waals surface area contributed by atoms with Gasteiger partial charge in [-0.3, -0.25) is 0 Å². The molecule has 0 fully saturated rings. The summed E-state index contributed by atoms with van der Waals surface area (Å²) in [5.74, 6) is 2.08. The third kappa shape index (κ3) is 4.18. The van der Waals surface area contributed by atoms with Gasteiger partial charge in [0.15, 0.2) is 11.8 Å². The molecule has 0 amide bonds. The fraction of sp³-hybridized carbons (Fsp3) is 0.150. The number of aromatic nitrogens is 2. The molecule has 4 rings (SSSR count). The third-order valence-electron chi connectivity index (χ3n) is 4.18. The van der Waals surface area contributed by atoms with Crippen LogP contribution in [-0.2, 0) is 0 Å². The number of guanidine groups is 1. The van der Waals surface area contributed by atoms with E-state index in [2.05, 4.69) is 25.9 Å². The minimum Gasteiger partial charge on any atom is -0.368 e. The monoisotopic (exact) mass is 412 g/mol. The molecule has 0 spiro atoms. The molecule has 0 radical (unpaired) electrons. The summed E-state index contributed by atoms with van der Waals surface area (Å²) >= 11 is 12.4. The van der Waals surface area contributed by atoms with E-state index >= 15 is 0 Å². The van der Waals surface area contributed by atoms with Gasteiger partial charge in [0.1, 0.15) is 5.82 Å². The Kier molecular flexibility index (Phi) is 5.60. The lowest BCUT2D eigenvalue weighted by Gasteiger charge is -2.14. The van der Waals surface area contributed by atoms with Gasteiger partial charge in [0.05, 0.1) is 17.1 Å². The van der Waals surface area contributed by atoms with E-state index in [1.165, 1.54) is 0 Å². The van der Waals surface area contributed by atoms with Crippen LogP contribution in [-0.4, -0.2) is 35.6 Å². The molecule has 28 heavy (non-hydrogen) atoms. The molecular weight excluding hydrogens is 395 g/mol. The van der Waals surface area contributed by atoms with Gasteiger partial charge in [-0.1, -0.05) is 35.3 Å². The summed E-state index contributed by atoms with van der Waals surface area (Å²) in [5, 5.41) is 11.7. The van der Waals surface area contributed by atoms with Gasteiger partial charge < -0.3 is 16.0 Å². The number of benzene rings is 2. The molecule has 2 aromatic carbocycles. The highest BCUT2D eigenvalue weighted by Crippen LogP contribution is 2.31. The van der Waals surface area contributed by atoms with Crippen LogP contribution >= 0.6 is 23.2 Å². The average Bonchev–Trinajstić information content (AvgIpc) is 2.72. The minimum absolute atomic E-state index is 0.518. The van der Waals surface area contributed by atoms with Crippen molar-refractivity contribution in [2.45, 2.75) is 0 Å². The van der Waals surface area contributed by atoms with Gasteiger partial charge in [0.25, 0.3) is 0 Å². The van der Waals surface area contributed by atoms with Crippen molar-refractivity contribution in [3.05, 3.63) is 64.8 Å². The Hall–Kier alpha value is -2.83. The summed E-state index contributed by atoms with van der Waals surface area (Å²) < 4.78 is 0. The molecule has 0 aliphatic carbocycles. The first-order valence-electron chi connectivity index (χ1n) is 8.86. The number of halogens is 2. The highest BCUT2D eigenvalue weighted by Gasteiger charge is 2.12. The zero-order valence-corrected chi connectivity index (χ0v) is 16.4. The fourth-order valence-electron chi connectivity index (χ4n) is 2.85. The second kappa shape index (κ2) is 8.46. The van der Waals surface area contributed by atoms with Gasteiger partial charge in [-0.15, -0.1) is 0 Å². The van der Waals surface area contributed by atoms with E-state index in [-0.39, 0.29) is 0 Å². The van der Waals surface area contributed by atoms with Crippen molar-refractivity contribution in [1.29, 1.82) is 0 Å². The van der Waals surface area contributed by atoms with Crippen LogP contribution in [0.1, 0.15) is 0 Å². The topological polar surface area (TPSA) is 74.2 Å². The molecule has 0 unspecified atom stereocenters. The number of hydrogen-bond acceptors (Lipinski definition) is 6. The molecule has 8 heteroatoms. The van der Waals surface area contributed by atoms with Crippen molar-refractivity contribution in [1.82, 2.24) is 20.6 Å². The van der Waals surface area contributed by atoms with E-state index in [1.54, 1.807) is 12.1 Å². The molecule has 6 nitrogen and oxygen atoms in total. The summed E-state index contributed by atoms with van der Waals surface area (Å²) in [6.07, 6.45) is 3.84. The Bertz CT molecular complexity index is 1060. The molecule has 2 heterocycles. The van der Waals surface area contributed by atoms with Crippen molar-refractivity contribution >= 4 is 45.9 Å². The Morgan fingerprint density at radius 3 is 2.68 bits per heavy atom. The molecule has 3 N–H and O–H groups in total. The number of aliphatic imine (C=N–C) groups is 1. The van der Waals surface area contributed by atoms with Crippen LogP contribution in [0.25, 0.3) is 22.3 Å². The molecule has 3 aromatic rings. The van der Waals surface area contributed by atoms with Crippen LogP contribution in [0.15, 0.2) is 59.7 Å². The van der Waals surface area contributed by atoms with Gasteiger partial charge >= 0.3 is 0 Å². The minimum atomic E-state index is 0.518. The van der Waals surface area contributed by atoms with Crippen LogP contribution in [0.3, 0.4) is 0 Å². The molecule has 0 atom stereocenters. The lowest BCUT2D eigenvalue weighted by molar-refractivity contribution is 0.860. The van der Waals surface area contributed by atoms with E-state index in [1.807, 2.05) is 42.6 Å². The van der Waals surface area contributed by atoms with E-state index in [9.17, 15) is 0 Å². The van der Waals surface area contributed by atoms with Crippen LogP contribution in [0.5, 0.6) is 0 Å². The maximum atomic E-state index is 6.36. The number of nitrogens with zero attached hydrogens (tertiary/aromatic N) is 3. The highest BCUT2D eigenvalue weighted by molar-refractivity contribution is 6.36. The average molecular weight is 413 g/mol. The van der Waals surface area contributed by atoms with Crippen molar-refractivity contribution < 1.29 is 0 Å². The van der Waals surface area contributed by atoms with Gasteiger partial charge in [-0.2, -0.15) is 0 Å². The van der Waals surface area contributed by atoms with Crippen molar-refractivity contribution in [3.8, 4) is 11.4 Å². The standard InChI is InChI=1S/C20H18Cl2N6/c21-13-6-7-14(16(22)12-13)19-27-17-5-2-1-4-15(17)18(28-19)23-10-11-26-20-24-8-3-9-25-20/h1-8,12H,9-11H2,(H,23,27,28)(H2,24,25,26). The van der Waals surface area contributed by atoms with Gasteiger partial charge in [0.2, 0.25) is 0 Å². The van der Waals surface area contributed by atoms with Crippen molar-refractivity contribution in [3.63, 3.8) is 0 Å². The Morgan fingerprint density at radius 2 is 1.86 bits per heavy atom. The van der Waals surface area contributed by atoms with Crippen LogP contribution in [0, 0.1) is 0 Å². The number of anilines is 1. The fourth-order valence-corrected chi connectivity index (χ4v) is 3.34. The largest absolute Gasteiger partial charge is 0.368 e. The van der Waals surface area contributed by atoms with Crippen LogP contribution in [0.2, 0.25) is 10.0 Å². The predicted octanol–water partition coefficient (Wildman–Crippen LogP) is 4.08. The third-order valence-corrected chi connectivity index (χ3v) is 4.73. The van der Waals surface area contributed by atoms with E-state index in [0.29, 0.717) is 35.5 Å². The second-order valence-electron chi connectivity index (χ2n) is 6.13. The molecule has 0 saturated carbocycles. The molecule has 0 bridgehead atoms. The summed E-state index contributed by atoms with van der Waals surface area (Å²) in [5.41, 5.74) is 1.59. The predicted molar refractivity (Wildman–Crippen MR) is 116 cm³/mol. The van der Waals surface area contributed by atoms with E-state index < -0.39 is 0 Å². The molecule has 1 aliphatic heterocycles. The Labute approximate surface area is 172 Å². The Balaban J connectivity index is 1.57. The SMILES string of the molecule is Clc1ccc(-c2nc(NCCNC3=NCC=CN3)c3ccccc3n2)c(Cl)c1. The zero-order valence-electron chi connectivity index (χ0n) is 14.9. The number of rotatable bonds is 5. The molecule has 1 aromatic heterocycles. The van der Waals surface area contributed by atoms with Gasteiger partial charge in [-0.25, -0.2) is 15.0 Å². The van der Waals surface area contributed by atoms with Gasteiger partial charge in [0, 0.05) is 35.3 Å². The number of nitrogens with one attached hydrogen (secondary N) is 3. The van der Waals surface area contributed by atoms with Gasteiger partial charge in [-0.05, 0) is 36.4 Å². The molecule has 1 aliphatic rings. The first-order valence-corrected chi connectivity index (χ1v) is 9.62. The lowest BCUT2D eigenvalue weighted by Crippen LogP contribution is -2.38. The number of fused-ring (bicyclic) bond motifs is 1. The maximum absolute atomic E-state index is 6.36. The molecular formula is C20H18Cl2N6. The molecule has 0 saturated heterocycles. The lowest BCUT2D eigenvalue weighted by atomic mass is 10.2. The summed E-state index contributed by atoms with van der Waals surface area (Å²) in [4.78, 5) is 13.7. The summed E-state index contributed by atoms with van der Waals surface area (Å²) in [6.45, 7) is 2.04. The van der Waals surface area contributed by atoms with E-state index in [4.69, 9.17) is 28.2 Å². The number of para-hydroxylation sites is 1. The number of hydrogen-bond donors (Lipinski definition) is 3. The first kappa shape index (κ1) is 18.5. The van der Waals surface area contributed by atoms with Crippen LogP contribution in [0.4, 0.5) is 5.82 Å². The second-order valence-corrected chi connectivity index (χ2v) is 6.97. The molecule has 142 valence electrons.